The summed E-state index contributed by atoms with van der Waals surface area (Å²) in [7, 11) is 0. The molecular weight excluding hydrogens is 138 g/mol. The molecule has 0 atom stereocenters. The van der Waals surface area contributed by atoms with Crippen LogP contribution in [-0.4, -0.2) is 5.78 Å². The predicted molar refractivity (Wildman–Crippen MR) is 43.9 cm³/mol. The SMILES string of the molecule is CC.N#CC1CCC(=O)CC1. The molecule has 0 aromatic rings. The Kier molecular flexibility index (Phi) is 5.46. The second kappa shape index (κ2) is 5.91. The van der Waals surface area contributed by atoms with Gasteiger partial charge in [0.05, 0.1) is 6.07 Å². The molecule has 0 aliphatic heterocycles. The minimum atomic E-state index is 0.155. The Labute approximate surface area is 68.2 Å². The third-order valence-corrected chi connectivity index (χ3v) is 1.73. The average molecular weight is 153 g/mol. The molecule has 1 fully saturated rings. The zero-order chi connectivity index (χ0) is 8.69. The topological polar surface area (TPSA) is 40.9 Å². The van der Waals surface area contributed by atoms with E-state index in [1.807, 2.05) is 13.8 Å². The molecule has 0 heterocycles. The van der Waals surface area contributed by atoms with Crippen molar-refractivity contribution in [1.29, 1.82) is 5.26 Å². The highest BCUT2D eigenvalue weighted by Crippen LogP contribution is 2.19. The summed E-state index contributed by atoms with van der Waals surface area (Å²) < 4.78 is 0. The number of nitrogens with zero attached hydrogens (tertiary/aromatic N) is 1. The maximum Gasteiger partial charge on any atom is 0.133 e. The van der Waals surface area contributed by atoms with Crippen LogP contribution in [0.4, 0.5) is 0 Å². The standard InChI is InChI=1S/C7H9NO.C2H6/c8-5-6-1-3-7(9)4-2-6;1-2/h6H,1-4H2;1-2H3. The summed E-state index contributed by atoms with van der Waals surface area (Å²) in [5.41, 5.74) is 0. The van der Waals surface area contributed by atoms with E-state index in [2.05, 4.69) is 6.07 Å². The molecule has 0 radical (unpaired) electrons. The van der Waals surface area contributed by atoms with Crippen LogP contribution >= 0.6 is 0 Å². The van der Waals surface area contributed by atoms with Crippen molar-refractivity contribution in [1.82, 2.24) is 0 Å². The fourth-order valence-electron chi connectivity index (χ4n) is 1.07. The van der Waals surface area contributed by atoms with E-state index in [4.69, 9.17) is 5.26 Å². The molecule has 11 heavy (non-hydrogen) atoms. The molecule has 0 N–H and O–H groups in total. The van der Waals surface area contributed by atoms with Crippen LogP contribution in [0.5, 0.6) is 0 Å². The van der Waals surface area contributed by atoms with E-state index < -0.39 is 0 Å². The number of carbonyl (C=O) groups is 1. The summed E-state index contributed by atoms with van der Waals surface area (Å²) >= 11 is 0. The monoisotopic (exact) mass is 153 g/mol. The first kappa shape index (κ1) is 10.2. The van der Waals surface area contributed by atoms with Gasteiger partial charge in [0, 0.05) is 18.8 Å². The third-order valence-electron chi connectivity index (χ3n) is 1.73. The fraction of sp³-hybridized carbons (Fsp3) is 0.778. The predicted octanol–water partition coefficient (Wildman–Crippen LogP) is 2.30. The average Bonchev–Trinajstić information content (AvgIpc) is 2.10. The molecule has 0 unspecified atom stereocenters. The van der Waals surface area contributed by atoms with Gasteiger partial charge in [0.15, 0.2) is 0 Å². The summed E-state index contributed by atoms with van der Waals surface area (Å²) in [5, 5.41) is 8.42. The summed E-state index contributed by atoms with van der Waals surface area (Å²) in [6, 6.07) is 2.17. The van der Waals surface area contributed by atoms with Gasteiger partial charge in [0.25, 0.3) is 0 Å². The van der Waals surface area contributed by atoms with Crippen molar-refractivity contribution < 1.29 is 4.79 Å². The number of nitriles is 1. The molecule has 1 aliphatic carbocycles. The molecule has 0 bridgehead atoms. The van der Waals surface area contributed by atoms with Gasteiger partial charge in [0.1, 0.15) is 5.78 Å². The van der Waals surface area contributed by atoms with Crippen molar-refractivity contribution in [2.45, 2.75) is 39.5 Å². The minimum absolute atomic E-state index is 0.155. The molecule has 1 aliphatic rings. The third kappa shape index (κ3) is 3.77. The van der Waals surface area contributed by atoms with Gasteiger partial charge >= 0.3 is 0 Å². The van der Waals surface area contributed by atoms with Crippen molar-refractivity contribution in [2.24, 2.45) is 5.92 Å². The van der Waals surface area contributed by atoms with Gasteiger partial charge in [-0.1, -0.05) is 13.8 Å². The van der Waals surface area contributed by atoms with Crippen LogP contribution in [-0.2, 0) is 4.79 Å². The van der Waals surface area contributed by atoms with Crippen molar-refractivity contribution in [3.05, 3.63) is 0 Å². The quantitative estimate of drug-likeness (QED) is 0.535. The van der Waals surface area contributed by atoms with Crippen LogP contribution in [0.25, 0.3) is 0 Å². The van der Waals surface area contributed by atoms with Crippen LogP contribution in [0.1, 0.15) is 39.5 Å². The largest absolute Gasteiger partial charge is 0.300 e. The van der Waals surface area contributed by atoms with Gasteiger partial charge in [-0.3, -0.25) is 4.79 Å². The summed E-state index contributed by atoms with van der Waals surface area (Å²) in [5.74, 6) is 0.476. The molecule has 0 spiro atoms. The Morgan fingerprint density at radius 1 is 1.36 bits per heavy atom. The van der Waals surface area contributed by atoms with E-state index in [0.717, 1.165) is 12.8 Å². The molecule has 2 heteroatoms. The number of rotatable bonds is 0. The highest BCUT2D eigenvalue weighted by atomic mass is 16.1. The first-order valence-corrected chi connectivity index (χ1v) is 4.24. The zero-order valence-electron chi connectivity index (χ0n) is 7.26. The normalized spacial score (nSPS) is 18.1. The lowest BCUT2D eigenvalue weighted by molar-refractivity contribution is -0.120. The number of hydrogen-bond donors (Lipinski definition) is 0. The van der Waals surface area contributed by atoms with Gasteiger partial charge in [0.2, 0.25) is 0 Å². The molecular formula is C9H15NO. The van der Waals surface area contributed by atoms with E-state index in [9.17, 15) is 4.79 Å². The van der Waals surface area contributed by atoms with E-state index in [-0.39, 0.29) is 5.92 Å². The highest BCUT2D eigenvalue weighted by molar-refractivity contribution is 5.79. The van der Waals surface area contributed by atoms with E-state index in [0.29, 0.717) is 18.6 Å². The van der Waals surface area contributed by atoms with Crippen LogP contribution in [0.3, 0.4) is 0 Å². The molecule has 0 aromatic carbocycles. The molecule has 2 nitrogen and oxygen atoms in total. The molecule has 0 aromatic heterocycles. The summed E-state index contributed by atoms with van der Waals surface area (Å²) in [6.07, 6.45) is 2.82. The Morgan fingerprint density at radius 2 is 1.82 bits per heavy atom. The van der Waals surface area contributed by atoms with Gasteiger partial charge in [-0.2, -0.15) is 5.26 Å². The Balaban J connectivity index is 0.000000461. The number of carbonyl (C=O) groups excluding carboxylic acids is 1. The van der Waals surface area contributed by atoms with E-state index in [1.54, 1.807) is 0 Å². The van der Waals surface area contributed by atoms with Crippen LogP contribution in [0, 0.1) is 17.2 Å². The van der Waals surface area contributed by atoms with Crippen LogP contribution in [0.2, 0.25) is 0 Å². The van der Waals surface area contributed by atoms with Crippen molar-refractivity contribution in [3.8, 4) is 6.07 Å². The first-order valence-electron chi connectivity index (χ1n) is 4.24. The lowest BCUT2D eigenvalue weighted by Gasteiger charge is -2.12. The van der Waals surface area contributed by atoms with Crippen LogP contribution < -0.4 is 0 Å². The van der Waals surface area contributed by atoms with Crippen molar-refractivity contribution in [2.75, 3.05) is 0 Å². The molecule has 62 valence electrons. The van der Waals surface area contributed by atoms with E-state index >= 15 is 0 Å². The van der Waals surface area contributed by atoms with Crippen molar-refractivity contribution >= 4 is 5.78 Å². The fourth-order valence-corrected chi connectivity index (χ4v) is 1.07. The Hall–Kier alpha value is -0.840. The Bertz CT molecular complexity index is 147. The number of Topliss-reactive ketones (excluding diaryl/α,β-unsaturated/α-hetero) is 1. The molecule has 1 saturated carbocycles. The van der Waals surface area contributed by atoms with E-state index in [1.165, 1.54) is 0 Å². The summed E-state index contributed by atoms with van der Waals surface area (Å²) in [4.78, 5) is 10.6. The maximum atomic E-state index is 10.6. The van der Waals surface area contributed by atoms with Crippen molar-refractivity contribution in [3.63, 3.8) is 0 Å². The number of ketones is 1. The number of hydrogen-bond acceptors (Lipinski definition) is 2. The highest BCUT2D eigenvalue weighted by Gasteiger charge is 2.17. The zero-order valence-corrected chi connectivity index (χ0v) is 7.26. The first-order chi connectivity index (χ1) is 5.33. The molecule has 0 amide bonds. The Morgan fingerprint density at radius 3 is 2.18 bits per heavy atom. The van der Waals surface area contributed by atoms with Gasteiger partial charge in [-0.15, -0.1) is 0 Å². The van der Waals surface area contributed by atoms with Gasteiger partial charge < -0.3 is 0 Å². The summed E-state index contributed by atoms with van der Waals surface area (Å²) in [6.45, 7) is 4.00. The lowest BCUT2D eigenvalue weighted by atomic mass is 9.90. The lowest BCUT2D eigenvalue weighted by Crippen LogP contribution is -2.11. The second-order valence-corrected chi connectivity index (χ2v) is 2.44. The smallest absolute Gasteiger partial charge is 0.133 e. The maximum absolute atomic E-state index is 10.6. The second-order valence-electron chi connectivity index (χ2n) is 2.44. The van der Waals surface area contributed by atoms with Crippen LogP contribution in [0.15, 0.2) is 0 Å². The van der Waals surface area contributed by atoms with Gasteiger partial charge in [-0.05, 0) is 12.8 Å². The van der Waals surface area contributed by atoms with Gasteiger partial charge in [-0.25, -0.2) is 0 Å². The molecule has 1 rings (SSSR count). The minimum Gasteiger partial charge on any atom is -0.300 e. The molecule has 0 saturated heterocycles.